The van der Waals surface area contributed by atoms with E-state index in [0.29, 0.717) is 0 Å². The van der Waals surface area contributed by atoms with Crippen LogP contribution in [0.1, 0.15) is 19.8 Å². The molecule has 0 bridgehead atoms. The number of unbranched alkanes of at least 4 members (excludes halogenated alkanes) is 1. The third-order valence-electron chi connectivity index (χ3n) is 2.02. The first-order chi connectivity index (χ1) is 7.72. The molecule has 5 heteroatoms. The molecule has 0 fully saturated rings. The summed E-state index contributed by atoms with van der Waals surface area (Å²) in [7, 11) is 0. The Morgan fingerprint density at radius 2 is 2.06 bits per heavy atom. The molecule has 16 heavy (non-hydrogen) atoms. The molecule has 0 aliphatic heterocycles. The maximum absolute atomic E-state index is 10.4. The van der Waals surface area contributed by atoms with Crippen molar-refractivity contribution in [3.8, 4) is 5.75 Å². The predicted molar refractivity (Wildman–Crippen MR) is 66.1 cm³/mol. The average Bonchev–Trinajstić information content (AvgIpc) is 2.28. The standard InChI is InChI=1S/C11H17NO3S/c1-2-3-8-15-11-6-4-10(5-7-11)12-9-16(13)14/h4-7,12H,2-3,8-9H2,1H3,(H,13,14). The van der Waals surface area contributed by atoms with Crippen molar-refractivity contribution < 1.29 is 13.5 Å². The molecule has 2 N–H and O–H groups in total. The van der Waals surface area contributed by atoms with E-state index in [0.717, 1.165) is 30.9 Å². The average molecular weight is 243 g/mol. The zero-order valence-corrected chi connectivity index (χ0v) is 10.1. The van der Waals surface area contributed by atoms with Gasteiger partial charge in [-0.25, -0.2) is 4.21 Å². The second-order valence-electron chi connectivity index (χ2n) is 3.37. The molecule has 90 valence electrons. The molecule has 0 aliphatic carbocycles. The minimum atomic E-state index is -1.82. The van der Waals surface area contributed by atoms with Gasteiger partial charge in [-0.2, -0.15) is 0 Å². The lowest BCUT2D eigenvalue weighted by Gasteiger charge is -2.07. The largest absolute Gasteiger partial charge is 0.494 e. The fourth-order valence-corrected chi connectivity index (χ4v) is 1.44. The normalized spacial score (nSPS) is 12.1. The lowest BCUT2D eigenvalue weighted by atomic mass is 10.3. The molecule has 1 atom stereocenters. The quantitative estimate of drug-likeness (QED) is 0.570. The minimum absolute atomic E-state index is 0.0377. The maximum Gasteiger partial charge on any atom is 0.172 e. The fraction of sp³-hybridized carbons (Fsp3) is 0.455. The summed E-state index contributed by atoms with van der Waals surface area (Å²) in [5, 5.41) is 2.83. The maximum atomic E-state index is 10.4. The second kappa shape index (κ2) is 7.24. The summed E-state index contributed by atoms with van der Waals surface area (Å²) in [5.41, 5.74) is 0.810. The highest BCUT2D eigenvalue weighted by Crippen LogP contribution is 2.15. The molecule has 0 aliphatic rings. The van der Waals surface area contributed by atoms with Crippen molar-refractivity contribution in [2.75, 3.05) is 17.8 Å². The van der Waals surface area contributed by atoms with E-state index < -0.39 is 11.1 Å². The topological polar surface area (TPSA) is 58.6 Å². The van der Waals surface area contributed by atoms with Crippen LogP contribution in [0.25, 0.3) is 0 Å². The van der Waals surface area contributed by atoms with Crippen LogP contribution in [-0.2, 0) is 11.1 Å². The smallest absolute Gasteiger partial charge is 0.172 e. The summed E-state index contributed by atoms with van der Waals surface area (Å²) in [6.45, 7) is 2.84. The van der Waals surface area contributed by atoms with Gasteiger partial charge in [0.15, 0.2) is 11.1 Å². The number of benzene rings is 1. The van der Waals surface area contributed by atoms with Crippen molar-refractivity contribution in [2.24, 2.45) is 0 Å². The fourth-order valence-electron chi connectivity index (χ4n) is 1.15. The Morgan fingerprint density at radius 3 is 2.62 bits per heavy atom. The molecule has 1 unspecified atom stereocenters. The lowest BCUT2D eigenvalue weighted by Crippen LogP contribution is -2.06. The lowest BCUT2D eigenvalue weighted by molar-refractivity contribution is 0.309. The molecule has 1 rings (SSSR count). The van der Waals surface area contributed by atoms with Crippen LogP contribution in [-0.4, -0.2) is 21.2 Å². The molecular formula is C11H17NO3S. The molecule has 0 spiro atoms. The Balaban J connectivity index is 2.38. The summed E-state index contributed by atoms with van der Waals surface area (Å²) in [6, 6.07) is 7.35. The second-order valence-corrected chi connectivity index (χ2v) is 4.30. The van der Waals surface area contributed by atoms with Crippen LogP contribution in [0.3, 0.4) is 0 Å². The highest BCUT2D eigenvalue weighted by Gasteiger charge is 1.96. The van der Waals surface area contributed by atoms with Gasteiger partial charge in [0.2, 0.25) is 0 Å². The first-order valence-corrected chi connectivity index (χ1v) is 6.54. The molecule has 0 saturated heterocycles. The summed E-state index contributed by atoms with van der Waals surface area (Å²) >= 11 is -1.82. The zero-order chi connectivity index (χ0) is 11.8. The van der Waals surface area contributed by atoms with Crippen LogP contribution >= 0.6 is 0 Å². The van der Waals surface area contributed by atoms with Crippen molar-refractivity contribution in [1.29, 1.82) is 0 Å². The molecule has 4 nitrogen and oxygen atoms in total. The zero-order valence-electron chi connectivity index (χ0n) is 9.31. The van der Waals surface area contributed by atoms with Gasteiger partial charge < -0.3 is 14.6 Å². The molecule has 0 heterocycles. The molecule has 0 aromatic heterocycles. The Morgan fingerprint density at radius 1 is 1.38 bits per heavy atom. The monoisotopic (exact) mass is 243 g/mol. The van der Waals surface area contributed by atoms with Crippen LogP contribution in [0.4, 0.5) is 5.69 Å². The van der Waals surface area contributed by atoms with Crippen molar-refractivity contribution in [1.82, 2.24) is 0 Å². The molecular weight excluding hydrogens is 226 g/mol. The third kappa shape index (κ3) is 5.14. The van der Waals surface area contributed by atoms with E-state index >= 15 is 0 Å². The van der Waals surface area contributed by atoms with E-state index in [4.69, 9.17) is 9.29 Å². The van der Waals surface area contributed by atoms with E-state index in [9.17, 15) is 4.21 Å². The minimum Gasteiger partial charge on any atom is -0.494 e. The summed E-state index contributed by atoms with van der Waals surface area (Å²) in [6.07, 6.45) is 2.16. The van der Waals surface area contributed by atoms with Gasteiger partial charge in [-0.15, -0.1) is 0 Å². The number of hydrogen-bond donors (Lipinski definition) is 2. The van der Waals surface area contributed by atoms with Gasteiger partial charge in [-0.3, -0.25) is 0 Å². The van der Waals surface area contributed by atoms with Gasteiger partial charge in [0.1, 0.15) is 11.6 Å². The van der Waals surface area contributed by atoms with E-state index in [-0.39, 0.29) is 5.88 Å². The molecule has 0 radical (unpaired) electrons. The Bertz CT molecular complexity index is 327. The molecule has 1 aromatic rings. The van der Waals surface area contributed by atoms with Crippen LogP contribution in [0, 0.1) is 0 Å². The molecule has 0 amide bonds. The van der Waals surface area contributed by atoms with Gasteiger partial charge in [0, 0.05) is 5.69 Å². The summed E-state index contributed by atoms with van der Waals surface area (Å²) < 4.78 is 24.5. The summed E-state index contributed by atoms with van der Waals surface area (Å²) in [4.78, 5) is 0. The van der Waals surface area contributed by atoms with Crippen molar-refractivity contribution in [2.45, 2.75) is 19.8 Å². The molecule has 0 saturated carbocycles. The van der Waals surface area contributed by atoms with E-state index in [1.165, 1.54) is 0 Å². The first kappa shape index (κ1) is 13.0. The van der Waals surface area contributed by atoms with E-state index in [2.05, 4.69) is 12.2 Å². The third-order valence-corrected chi connectivity index (χ3v) is 2.41. The van der Waals surface area contributed by atoms with Crippen molar-refractivity contribution in [3.05, 3.63) is 24.3 Å². The number of ether oxygens (including phenoxy) is 1. The highest BCUT2D eigenvalue weighted by atomic mass is 32.2. The van der Waals surface area contributed by atoms with Crippen LogP contribution in [0.2, 0.25) is 0 Å². The van der Waals surface area contributed by atoms with Gasteiger partial charge in [0.25, 0.3) is 0 Å². The van der Waals surface area contributed by atoms with Gasteiger partial charge in [0.05, 0.1) is 6.61 Å². The van der Waals surface area contributed by atoms with Gasteiger partial charge in [-0.1, -0.05) is 13.3 Å². The first-order valence-electron chi connectivity index (χ1n) is 5.26. The van der Waals surface area contributed by atoms with Gasteiger partial charge >= 0.3 is 0 Å². The number of anilines is 1. The van der Waals surface area contributed by atoms with Crippen LogP contribution in [0.15, 0.2) is 24.3 Å². The van der Waals surface area contributed by atoms with Crippen LogP contribution in [0.5, 0.6) is 5.75 Å². The van der Waals surface area contributed by atoms with E-state index in [1.54, 1.807) is 0 Å². The Hall–Kier alpha value is -1.07. The predicted octanol–water partition coefficient (Wildman–Crippen LogP) is 2.46. The Labute approximate surface area is 98.3 Å². The van der Waals surface area contributed by atoms with Gasteiger partial charge in [-0.05, 0) is 30.7 Å². The van der Waals surface area contributed by atoms with E-state index in [1.807, 2.05) is 24.3 Å². The number of rotatable bonds is 7. The van der Waals surface area contributed by atoms with Crippen LogP contribution < -0.4 is 10.1 Å². The molecule has 1 aromatic carbocycles. The SMILES string of the molecule is CCCCOc1ccc(NCS(=O)O)cc1. The van der Waals surface area contributed by atoms with Crippen molar-refractivity contribution in [3.63, 3.8) is 0 Å². The summed E-state index contributed by atoms with van der Waals surface area (Å²) in [5.74, 6) is 0.861. The Kier molecular flexibility index (Phi) is 5.88. The highest BCUT2D eigenvalue weighted by molar-refractivity contribution is 7.79. The van der Waals surface area contributed by atoms with Crippen molar-refractivity contribution >= 4 is 16.8 Å². The number of nitrogens with one attached hydrogen (secondary N) is 1. The number of hydrogen-bond acceptors (Lipinski definition) is 3.